The average molecular weight is 134 g/mol. The maximum absolute atomic E-state index is 8.03. The lowest BCUT2D eigenvalue weighted by atomic mass is 10.4. The predicted molar refractivity (Wildman–Crippen MR) is 37.8 cm³/mol. The summed E-state index contributed by atoms with van der Waals surface area (Å²) in [5.74, 6) is 0.419. The largest absolute Gasteiger partial charge is 0.251 e. The zero-order valence-corrected chi connectivity index (χ0v) is 5.52. The van der Waals surface area contributed by atoms with Crippen molar-refractivity contribution in [2.24, 2.45) is 5.11 Å². The Morgan fingerprint density at radius 1 is 1.60 bits per heavy atom. The molecule has 0 amide bonds. The molecule has 1 heterocycles. The summed E-state index contributed by atoms with van der Waals surface area (Å²) in [4.78, 5) is 6.55. The number of pyridine rings is 1. The molecule has 1 aromatic heterocycles. The lowest BCUT2D eigenvalue weighted by Gasteiger charge is -1.90. The summed E-state index contributed by atoms with van der Waals surface area (Å²) in [6, 6.07) is 5.30. The van der Waals surface area contributed by atoms with Crippen molar-refractivity contribution < 1.29 is 0 Å². The summed E-state index contributed by atoms with van der Waals surface area (Å²) in [6.45, 7) is 1.84. The second-order valence-corrected chi connectivity index (χ2v) is 1.83. The van der Waals surface area contributed by atoms with Crippen molar-refractivity contribution in [2.75, 3.05) is 0 Å². The van der Waals surface area contributed by atoms with Crippen LogP contribution in [0.15, 0.2) is 23.3 Å². The molecule has 50 valence electrons. The van der Waals surface area contributed by atoms with E-state index in [-0.39, 0.29) is 0 Å². The third kappa shape index (κ3) is 1.47. The van der Waals surface area contributed by atoms with Gasteiger partial charge in [0.25, 0.3) is 0 Å². The number of aryl methyl sites for hydroxylation is 1. The van der Waals surface area contributed by atoms with Crippen LogP contribution in [0.25, 0.3) is 10.4 Å². The number of aromatic nitrogens is 1. The normalized spacial score (nSPS) is 8.50. The van der Waals surface area contributed by atoms with E-state index in [9.17, 15) is 0 Å². The van der Waals surface area contributed by atoms with Gasteiger partial charge in [-0.1, -0.05) is 6.07 Å². The fraction of sp³-hybridized carbons (Fsp3) is 0.167. The van der Waals surface area contributed by atoms with Gasteiger partial charge in [0, 0.05) is 10.6 Å². The second-order valence-electron chi connectivity index (χ2n) is 1.83. The van der Waals surface area contributed by atoms with Crippen LogP contribution in [0.1, 0.15) is 5.69 Å². The van der Waals surface area contributed by atoms with E-state index in [0.717, 1.165) is 5.69 Å². The Morgan fingerprint density at radius 3 is 3.00 bits per heavy atom. The zero-order chi connectivity index (χ0) is 7.40. The molecule has 4 heteroatoms. The Hall–Kier alpha value is -1.54. The fourth-order valence-electron chi connectivity index (χ4n) is 0.630. The first kappa shape index (κ1) is 6.58. The van der Waals surface area contributed by atoms with E-state index in [2.05, 4.69) is 15.0 Å². The van der Waals surface area contributed by atoms with Gasteiger partial charge in [-0.25, -0.2) is 0 Å². The minimum Gasteiger partial charge on any atom is -0.251 e. The first-order valence-electron chi connectivity index (χ1n) is 2.81. The molecule has 0 saturated heterocycles. The molecule has 1 rings (SSSR count). The van der Waals surface area contributed by atoms with Crippen LogP contribution in [0, 0.1) is 6.92 Å². The summed E-state index contributed by atoms with van der Waals surface area (Å²) in [6.07, 6.45) is 0. The minimum absolute atomic E-state index is 0.419. The molecular weight excluding hydrogens is 128 g/mol. The smallest absolute Gasteiger partial charge is 0.127 e. The van der Waals surface area contributed by atoms with Crippen LogP contribution in [0.4, 0.5) is 5.82 Å². The quantitative estimate of drug-likeness (QED) is 0.330. The average Bonchev–Trinajstić information content (AvgIpc) is 1.88. The lowest BCUT2D eigenvalue weighted by molar-refractivity contribution is 1.17. The van der Waals surface area contributed by atoms with Gasteiger partial charge in [0.05, 0.1) is 0 Å². The number of rotatable bonds is 1. The van der Waals surface area contributed by atoms with E-state index in [4.69, 9.17) is 5.53 Å². The summed E-state index contributed by atoms with van der Waals surface area (Å²) in [5.41, 5.74) is 8.88. The van der Waals surface area contributed by atoms with Crippen molar-refractivity contribution >= 4 is 5.82 Å². The monoisotopic (exact) mass is 134 g/mol. The molecule has 0 saturated carbocycles. The van der Waals surface area contributed by atoms with Crippen molar-refractivity contribution in [3.8, 4) is 0 Å². The molecular formula is C6H6N4. The Labute approximate surface area is 58.1 Å². The van der Waals surface area contributed by atoms with E-state index in [1.54, 1.807) is 12.1 Å². The van der Waals surface area contributed by atoms with Crippen LogP contribution in [0.2, 0.25) is 0 Å². The molecule has 0 aromatic carbocycles. The van der Waals surface area contributed by atoms with Crippen molar-refractivity contribution in [2.45, 2.75) is 6.92 Å². The highest BCUT2D eigenvalue weighted by atomic mass is 15.2. The Bertz CT molecular complexity index is 275. The van der Waals surface area contributed by atoms with Crippen LogP contribution in [0.3, 0.4) is 0 Å². The molecule has 0 aliphatic heterocycles. The molecule has 0 aliphatic carbocycles. The topological polar surface area (TPSA) is 61.7 Å². The first-order chi connectivity index (χ1) is 4.83. The van der Waals surface area contributed by atoms with Crippen LogP contribution in [-0.2, 0) is 0 Å². The van der Waals surface area contributed by atoms with E-state index in [0.29, 0.717) is 5.82 Å². The minimum atomic E-state index is 0.419. The van der Waals surface area contributed by atoms with E-state index in [1.807, 2.05) is 13.0 Å². The summed E-state index contributed by atoms with van der Waals surface area (Å²) < 4.78 is 0. The van der Waals surface area contributed by atoms with Gasteiger partial charge in [-0.2, -0.15) is 0 Å². The molecule has 0 N–H and O–H groups in total. The molecule has 10 heavy (non-hydrogen) atoms. The lowest BCUT2D eigenvalue weighted by Crippen LogP contribution is -1.76. The molecule has 0 fully saturated rings. The number of hydrogen-bond acceptors (Lipinski definition) is 2. The Morgan fingerprint density at radius 2 is 2.40 bits per heavy atom. The van der Waals surface area contributed by atoms with Crippen molar-refractivity contribution in [1.82, 2.24) is 4.98 Å². The van der Waals surface area contributed by atoms with Gasteiger partial charge >= 0.3 is 0 Å². The van der Waals surface area contributed by atoms with E-state index >= 15 is 0 Å². The van der Waals surface area contributed by atoms with Gasteiger partial charge in [-0.15, -0.1) is 0 Å². The maximum atomic E-state index is 8.03. The molecule has 1 aromatic rings. The van der Waals surface area contributed by atoms with E-state index < -0.39 is 0 Å². The molecule has 0 atom stereocenters. The highest BCUT2D eigenvalue weighted by molar-refractivity contribution is 5.27. The van der Waals surface area contributed by atoms with Crippen molar-refractivity contribution in [3.05, 3.63) is 34.3 Å². The second kappa shape index (κ2) is 2.85. The Kier molecular flexibility index (Phi) is 1.87. The van der Waals surface area contributed by atoms with Gasteiger partial charge in [0.1, 0.15) is 5.82 Å². The maximum Gasteiger partial charge on any atom is 0.127 e. The predicted octanol–water partition coefficient (Wildman–Crippen LogP) is 2.33. The van der Waals surface area contributed by atoms with Crippen molar-refractivity contribution in [3.63, 3.8) is 0 Å². The number of nitrogens with zero attached hydrogens (tertiary/aromatic N) is 4. The van der Waals surface area contributed by atoms with Crippen LogP contribution < -0.4 is 0 Å². The van der Waals surface area contributed by atoms with Crippen LogP contribution >= 0.6 is 0 Å². The number of hydrogen-bond donors (Lipinski definition) is 0. The van der Waals surface area contributed by atoms with Gasteiger partial charge < -0.3 is 0 Å². The molecule has 0 spiro atoms. The SMILES string of the molecule is Cc1cccc(N=[N+]=[N-])n1. The summed E-state index contributed by atoms with van der Waals surface area (Å²) in [7, 11) is 0. The van der Waals surface area contributed by atoms with Gasteiger partial charge in [-0.3, -0.25) is 4.98 Å². The third-order valence-corrected chi connectivity index (χ3v) is 1.02. The molecule has 0 unspecified atom stereocenters. The zero-order valence-electron chi connectivity index (χ0n) is 5.52. The van der Waals surface area contributed by atoms with Crippen LogP contribution in [0.5, 0.6) is 0 Å². The molecule has 0 radical (unpaired) electrons. The molecule has 0 bridgehead atoms. The highest BCUT2D eigenvalue weighted by Crippen LogP contribution is 2.06. The summed E-state index contributed by atoms with van der Waals surface area (Å²) in [5, 5.41) is 3.34. The molecule has 0 aliphatic rings. The summed E-state index contributed by atoms with van der Waals surface area (Å²) >= 11 is 0. The fourth-order valence-corrected chi connectivity index (χ4v) is 0.630. The van der Waals surface area contributed by atoms with Crippen molar-refractivity contribution in [1.29, 1.82) is 0 Å². The molecule has 4 nitrogen and oxygen atoms in total. The van der Waals surface area contributed by atoms with Gasteiger partial charge in [-0.05, 0) is 29.7 Å². The van der Waals surface area contributed by atoms with E-state index in [1.165, 1.54) is 0 Å². The standard InChI is InChI=1S/C6H6N4/c1-5-3-2-4-6(8-5)9-10-7/h2-4H,1H3. The first-order valence-corrected chi connectivity index (χ1v) is 2.81. The third-order valence-electron chi connectivity index (χ3n) is 1.02. The highest BCUT2D eigenvalue weighted by Gasteiger charge is 1.87. The van der Waals surface area contributed by atoms with Gasteiger partial charge in [0.15, 0.2) is 0 Å². The van der Waals surface area contributed by atoms with Gasteiger partial charge in [0.2, 0.25) is 0 Å². The Balaban J connectivity index is 3.06. The number of azide groups is 1. The van der Waals surface area contributed by atoms with Crippen LogP contribution in [-0.4, -0.2) is 4.98 Å².